The molecule has 1 amide bonds. The number of carbonyl (C=O) groups excluding carboxylic acids is 1. The summed E-state index contributed by atoms with van der Waals surface area (Å²) in [4.78, 5) is 11.8. The van der Waals surface area contributed by atoms with Crippen molar-refractivity contribution in [3.63, 3.8) is 0 Å². The normalized spacial score (nSPS) is 11.6. The van der Waals surface area contributed by atoms with Crippen molar-refractivity contribution in [1.29, 1.82) is 0 Å². The first kappa shape index (κ1) is 17.1. The van der Waals surface area contributed by atoms with Crippen LogP contribution in [0.5, 0.6) is 0 Å². The van der Waals surface area contributed by atoms with Crippen molar-refractivity contribution in [3.8, 4) is 11.4 Å². The first-order valence-electron chi connectivity index (χ1n) is 6.11. The first-order valence-corrected chi connectivity index (χ1v) is 6.11. The van der Waals surface area contributed by atoms with Gasteiger partial charge in [0.1, 0.15) is 12.4 Å². The Balaban J connectivity index is 0.00000220. The van der Waals surface area contributed by atoms with Gasteiger partial charge in [0.25, 0.3) is 0 Å². The van der Waals surface area contributed by atoms with Gasteiger partial charge in [-0.05, 0) is 12.1 Å². The number of benzene rings is 1. The molecule has 0 bridgehead atoms. The van der Waals surface area contributed by atoms with Gasteiger partial charge in [-0.2, -0.15) is 0 Å². The SMILES string of the molecule is COCC(N)C(=O)Nc1cccc(-c2nncn2C)c1.Cl. The van der Waals surface area contributed by atoms with Gasteiger partial charge in [-0.1, -0.05) is 12.1 Å². The zero-order chi connectivity index (χ0) is 14.5. The van der Waals surface area contributed by atoms with Crippen LogP contribution < -0.4 is 11.1 Å². The summed E-state index contributed by atoms with van der Waals surface area (Å²) in [7, 11) is 3.36. The maximum absolute atomic E-state index is 11.8. The highest BCUT2D eigenvalue weighted by Crippen LogP contribution is 2.20. The van der Waals surface area contributed by atoms with Crippen LogP contribution in [0.2, 0.25) is 0 Å². The highest BCUT2D eigenvalue weighted by atomic mass is 35.5. The van der Waals surface area contributed by atoms with Gasteiger partial charge in [0.2, 0.25) is 5.91 Å². The lowest BCUT2D eigenvalue weighted by Gasteiger charge is -2.11. The van der Waals surface area contributed by atoms with Crippen LogP contribution in [-0.2, 0) is 16.6 Å². The van der Waals surface area contributed by atoms with E-state index in [1.807, 2.05) is 25.2 Å². The average molecular weight is 312 g/mol. The smallest absolute Gasteiger partial charge is 0.243 e. The van der Waals surface area contributed by atoms with E-state index in [1.54, 1.807) is 17.0 Å². The van der Waals surface area contributed by atoms with Crippen LogP contribution in [0.15, 0.2) is 30.6 Å². The summed E-state index contributed by atoms with van der Waals surface area (Å²) in [6.45, 7) is 0.175. The van der Waals surface area contributed by atoms with E-state index in [1.165, 1.54) is 7.11 Å². The summed E-state index contributed by atoms with van der Waals surface area (Å²) in [5.74, 6) is 0.434. The number of aryl methyl sites for hydroxylation is 1. The minimum Gasteiger partial charge on any atom is -0.383 e. The van der Waals surface area contributed by atoms with Crippen molar-refractivity contribution in [1.82, 2.24) is 14.8 Å². The Kier molecular flexibility index (Phi) is 6.29. The van der Waals surface area contributed by atoms with Gasteiger partial charge in [0, 0.05) is 25.4 Å². The zero-order valence-electron chi connectivity index (χ0n) is 11.8. The summed E-state index contributed by atoms with van der Waals surface area (Å²) in [5.41, 5.74) is 7.19. The van der Waals surface area contributed by atoms with Crippen LogP contribution in [-0.4, -0.2) is 40.4 Å². The Hall–Kier alpha value is -1.96. The van der Waals surface area contributed by atoms with E-state index >= 15 is 0 Å². The molecule has 0 saturated heterocycles. The molecule has 1 aromatic heterocycles. The molecule has 0 aliphatic carbocycles. The molecule has 8 heteroatoms. The number of anilines is 1. The van der Waals surface area contributed by atoms with Gasteiger partial charge >= 0.3 is 0 Å². The summed E-state index contributed by atoms with van der Waals surface area (Å²) < 4.78 is 6.66. The van der Waals surface area contributed by atoms with Crippen LogP contribution in [0.1, 0.15) is 0 Å². The number of ether oxygens (including phenoxy) is 1. The molecule has 1 unspecified atom stereocenters. The molecule has 1 atom stereocenters. The number of carbonyl (C=O) groups is 1. The molecule has 3 N–H and O–H groups in total. The fraction of sp³-hybridized carbons (Fsp3) is 0.308. The van der Waals surface area contributed by atoms with Crippen molar-refractivity contribution < 1.29 is 9.53 Å². The zero-order valence-corrected chi connectivity index (χ0v) is 12.6. The fourth-order valence-electron chi connectivity index (χ4n) is 1.77. The highest BCUT2D eigenvalue weighted by Gasteiger charge is 2.13. The van der Waals surface area contributed by atoms with Crippen LogP contribution in [0, 0.1) is 0 Å². The molecule has 0 aliphatic heterocycles. The van der Waals surface area contributed by atoms with Crippen molar-refractivity contribution in [2.45, 2.75) is 6.04 Å². The number of halogens is 1. The Morgan fingerprint density at radius 1 is 1.52 bits per heavy atom. The Morgan fingerprint density at radius 3 is 2.90 bits per heavy atom. The molecule has 1 aromatic carbocycles. The maximum Gasteiger partial charge on any atom is 0.243 e. The lowest BCUT2D eigenvalue weighted by Crippen LogP contribution is -2.39. The van der Waals surface area contributed by atoms with Crippen LogP contribution >= 0.6 is 12.4 Å². The molecule has 2 aromatic rings. The van der Waals surface area contributed by atoms with Crippen LogP contribution in [0.25, 0.3) is 11.4 Å². The number of amides is 1. The quantitative estimate of drug-likeness (QED) is 0.852. The van der Waals surface area contributed by atoms with Gasteiger partial charge in [0.15, 0.2) is 5.82 Å². The molecule has 0 radical (unpaired) electrons. The molecule has 114 valence electrons. The third kappa shape index (κ3) is 4.25. The molecular weight excluding hydrogens is 294 g/mol. The number of hydrogen-bond donors (Lipinski definition) is 2. The Morgan fingerprint density at radius 2 is 2.29 bits per heavy atom. The molecular formula is C13H18ClN5O2. The van der Waals surface area contributed by atoms with Gasteiger partial charge in [-0.3, -0.25) is 4.79 Å². The van der Waals surface area contributed by atoms with E-state index < -0.39 is 6.04 Å². The van der Waals surface area contributed by atoms with E-state index in [0.29, 0.717) is 5.69 Å². The van der Waals surface area contributed by atoms with Crippen molar-refractivity contribution >= 4 is 24.0 Å². The summed E-state index contributed by atoms with van der Waals surface area (Å²) in [6.07, 6.45) is 1.62. The molecule has 2 rings (SSSR count). The minimum absolute atomic E-state index is 0. The number of nitrogens with one attached hydrogen (secondary N) is 1. The van der Waals surface area contributed by atoms with Crippen molar-refractivity contribution in [3.05, 3.63) is 30.6 Å². The van der Waals surface area contributed by atoms with Crippen molar-refractivity contribution in [2.75, 3.05) is 19.0 Å². The maximum atomic E-state index is 11.8. The summed E-state index contributed by atoms with van der Waals surface area (Å²) in [5, 5.41) is 10.6. The summed E-state index contributed by atoms with van der Waals surface area (Å²) >= 11 is 0. The third-order valence-electron chi connectivity index (χ3n) is 2.78. The largest absolute Gasteiger partial charge is 0.383 e. The molecule has 0 fully saturated rings. The average Bonchev–Trinajstić information content (AvgIpc) is 2.85. The minimum atomic E-state index is -0.696. The van der Waals surface area contributed by atoms with Crippen LogP contribution in [0.4, 0.5) is 5.69 Å². The number of aromatic nitrogens is 3. The van der Waals surface area contributed by atoms with Gasteiger partial charge in [-0.15, -0.1) is 22.6 Å². The predicted molar refractivity (Wildman–Crippen MR) is 82.2 cm³/mol. The van der Waals surface area contributed by atoms with Gasteiger partial charge < -0.3 is 20.4 Å². The number of hydrogen-bond acceptors (Lipinski definition) is 5. The van der Waals surface area contributed by atoms with E-state index in [4.69, 9.17) is 10.5 Å². The molecule has 21 heavy (non-hydrogen) atoms. The van der Waals surface area contributed by atoms with E-state index in [0.717, 1.165) is 11.4 Å². The number of nitrogens with two attached hydrogens (primary N) is 1. The van der Waals surface area contributed by atoms with E-state index in [2.05, 4.69) is 15.5 Å². The highest BCUT2D eigenvalue weighted by molar-refractivity contribution is 5.95. The topological polar surface area (TPSA) is 95.1 Å². The molecule has 1 heterocycles. The number of rotatable bonds is 5. The van der Waals surface area contributed by atoms with E-state index in [9.17, 15) is 4.79 Å². The second kappa shape index (κ2) is 7.72. The number of methoxy groups -OCH3 is 1. The number of nitrogens with zero attached hydrogens (tertiary/aromatic N) is 3. The van der Waals surface area contributed by atoms with Gasteiger partial charge in [0.05, 0.1) is 6.61 Å². The first-order chi connectivity index (χ1) is 9.61. The van der Waals surface area contributed by atoms with Crippen LogP contribution in [0.3, 0.4) is 0 Å². The third-order valence-corrected chi connectivity index (χ3v) is 2.78. The second-order valence-corrected chi connectivity index (χ2v) is 4.40. The standard InChI is InChI=1S/C13H17N5O2.ClH/c1-18-8-15-17-12(18)9-4-3-5-10(6-9)16-13(19)11(14)7-20-2;/h3-6,8,11H,7,14H2,1-2H3,(H,16,19);1H. The molecule has 7 nitrogen and oxygen atoms in total. The van der Waals surface area contributed by atoms with Gasteiger partial charge in [-0.25, -0.2) is 0 Å². The Bertz CT molecular complexity index is 602. The van der Waals surface area contributed by atoms with Crippen molar-refractivity contribution in [2.24, 2.45) is 12.8 Å². The fourth-order valence-corrected chi connectivity index (χ4v) is 1.77. The monoisotopic (exact) mass is 311 g/mol. The predicted octanol–water partition coefficient (Wildman–Crippen LogP) is 0.816. The second-order valence-electron chi connectivity index (χ2n) is 4.40. The lowest BCUT2D eigenvalue weighted by atomic mass is 10.2. The lowest BCUT2D eigenvalue weighted by molar-refractivity contribution is -0.118. The Labute approximate surface area is 128 Å². The molecule has 0 spiro atoms. The summed E-state index contributed by atoms with van der Waals surface area (Å²) in [6, 6.07) is 6.65. The molecule has 0 aliphatic rings. The van der Waals surface area contributed by atoms with E-state index in [-0.39, 0.29) is 24.9 Å². The molecule has 0 saturated carbocycles.